The van der Waals surface area contributed by atoms with Crippen molar-refractivity contribution in [1.29, 1.82) is 0 Å². The Morgan fingerprint density at radius 3 is 2.59 bits per heavy atom. The Kier molecular flexibility index (Phi) is 6.26. The van der Waals surface area contributed by atoms with Gasteiger partial charge in [-0.15, -0.1) is 0 Å². The van der Waals surface area contributed by atoms with Crippen molar-refractivity contribution in [2.24, 2.45) is 0 Å². The number of hydrogen-bond donors (Lipinski definition) is 2. The standard InChI is InChI=1S/C19H28N2O5S/c1-3-13(2)20-19(22)16-11-15(12-17-18(16)26-10-9-25-17)27(23,24)21-14-7-5-4-6-8-14/h11-14,21H,3-10H2,1-2H3,(H,20,22). The molecule has 1 heterocycles. The maximum absolute atomic E-state index is 12.9. The highest BCUT2D eigenvalue weighted by molar-refractivity contribution is 7.89. The molecule has 0 bridgehead atoms. The number of rotatable bonds is 6. The molecule has 3 rings (SSSR count). The molecule has 7 nitrogen and oxygen atoms in total. The van der Waals surface area contributed by atoms with E-state index in [4.69, 9.17) is 9.47 Å². The van der Waals surface area contributed by atoms with Gasteiger partial charge in [0.1, 0.15) is 13.2 Å². The Morgan fingerprint density at radius 1 is 1.19 bits per heavy atom. The predicted octanol–water partition coefficient (Wildman–Crippen LogP) is 2.60. The van der Waals surface area contributed by atoms with E-state index in [1.807, 2.05) is 13.8 Å². The van der Waals surface area contributed by atoms with E-state index in [9.17, 15) is 13.2 Å². The first-order valence-electron chi connectivity index (χ1n) is 9.67. The smallest absolute Gasteiger partial charge is 0.255 e. The molecule has 27 heavy (non-hydrogen) atoms. The van der Waals surface area contributed by atoms with Crippen LogP contribution in [0.4, 0.5) is 0 Å². The van der Waals surface area contributed by atoms with Crippen LogP contribution in [0.5, 0.6) is 11.5 Å². The second-order valence-electron chi connectivity index (χ2n) is 7.23. The molecule has 1 atom stereocenters. The lowest BCUT2D eigenvalue weighted by molar-refractivity contribution is 0.0927. The largest absolute Gasteiger partial charge is 0.486 e. The van der Waals surface area contributed by atoms with Crippen molar-refractivity contribution in [3.05, 3.63) is 17.7 Å². The molecule has 1 unspecified atom stereocenters. The fourth-order valence-corrected chi connectivity index (χ4v) is 4.71. The number of benzene rings is 1. The minimum Gasteiger partial charge on any atom is -0.486 e. The molecule has 8 heteroatoms. The first-order chi connectivity index (χ1) is 12.9. The lowest BCUT2D eigenvalue weighted by atomic mass is 9.96. The van der Waals surface area contributed by atoms with Gasteiger partial charge in [0.05, 0.1) is 10.5 Å². The molecule has 1 saturated carbocycles. The summed E-state index contributed by atoms with van der Waals surface area (Å²) in [5.41, 5.74) is 0.191. The Balaban J connectivity index is 1.93. The molecule has 1 fully saturated rings. The van der Waals surface area contributed by atoms with Crippen molar-refractivity contribution >= 4 is 15.9 Å². The van der Waals surface area contributed by atoms with E-state index in [0.717, 1.165) is 38.5 Å². The van der Waals surface area contributed by atoms with Gasteiger partial charge in [0.2, 0.25) is 10.0 Å². The third-order valence-corrected chi connectivity index (χ3v) is 6.59. The SMILES string of the molecule is CCC(C)NC(=O)c1cc(S(=O)(=O)NC2CCCCC2)cc2c1OCCO2. The molecular weight excluding hydrogens is 368 g/mol. The van der Waals surface area contributed by atoms with Crippen LogP contribution in [0.15, 0.2) is 17.0 Å². The monoisotopic (exact) mass is 396 g/mol. The summed E-state index contributed by atoms with van der Waals surface area (Å²) in [6, 6.07) is 2.74. The van der Waals surface area contributed by atoms with Crippen LogP contribution >= 0.6 is 0 Å². The number of nitrogens with one attached hydrogen (secondary N) is 2. The molecule has 0 saturated heterocycles. The number of hydrogen-bond acceptors (Lipinski definition) is 5. The van der Waals surface area contributed by atoms with Crippen LogP contribution < -0.4 is 19.5 Å². The first kappa shape index (κ1) is 19.9. The number of ether oxygens (including phenoxy) is 2. The highest BCUT2D eigenvalue weighted by Gasteiger charge is 2.28. The Labute approximate surface area is 160 Å². The van der Waals surface area contributed by atoms with Crippen molar-refractivity contribution < 1.29 is 22.7 Å². The van der Waals surface area contributed by atoms with Gasteiger partial charge in [-0.3, -0.25) is 4.79 Å². The van der Waals surface area contributed by atoms with Gasteiger partial charge in [0.15, 0.2) is 11.5 Å². The van der Waals surface area contributed by atoms with Crippen LogP contribution in [-0.4, -0.2) is 39.6 Å². The summed E-state index contributed by atoms with van der Waals surface area (Å²) in [6.07, 6.45) is 5.64. The molecule has 1 aromatic carbocycles. The number of fused-ring (bicyclic) bond motifs is 1. The van der Waals surface area contributed by atoms with Crippen LogP contribution in [-0.2, 0) is 10.0 Å². The van der Waals surface area contributed by atoms with Crippen molar-refractivity contribution in [3.8, 4) is 11.5 Å². The number of sulfonamides is 1. The molecule has 1 aliphatic carbocycles. The lowest BCUT2D eigenvalue weighted by Crippen LogP contribution is -2.37. The van der Waals surface area contributed by atoms with Gasteiger partial charge >= 0.3 is 0 Å². The molecule has 2 aliphatic rings. The van der Waals surface area contributed by atoms with E-state index in [-0.39, 0.29) is 28.4 Å². The summed E-state index contributed by atoms with van der Waals surface area (Å²) in [5, 5.41) is 2.87. The highest BCUT2D eigenvalue weighted by Crippen LogP contribution is 2.37. The van der Waals surface area contributed by atoms with Gasteiger partial charge < -0.3 is 14.8 Å². The number of carbonyl (C=O) groups is 1. The maximum atomic E-state index is 12.9. The molecular formula is C19H28N2O5S. The quantitative estimate of drug-likeness (QED) is 0.771. The molecule has 0 spiro atoms. The van der Waals surface area contributed by atoms with Gasteiger partial charge in [0.25, 0.3) is 5.91 Å². The van der Waals surface area contributed by atoms with Gasteiger partial charge in [-0.1, -0.05) is 26.2 Å². The van der Waals surface area contributed by atoms with E-state index < -0.39 is 10.0 Å². The van der Waals surface area contributed by atoms with E-state index in [1.54, 1.807) is 0 Å². The summed E-state index contributed by atoms with van der Waals surface area (Å²) in [4.78, 5) is 12.7. The third-order valence-electron chi connectivity index (χ3n) is 5.09. The van der Waals surface area contributed by atoms with Crippen LogP contribution in [0.25, 0.3) is 0 Å². The zero-order chi connectivity index (χ0) is 19.4. The van der Waals surface area contributed by atoms with Gasteiger partial charge in [-0.2, -0.15) is 0 Å². The molecule has 0 radical (unpaired) electrons. The van der Waals surface area contributed by atoms with Gasteiger partial charge in [-0.05, 0) is 32.3 Å². The number of amides is 1. The van der Waals surface area contributed by atoms with E-state index >= 15 is 0 Å². The third kappa shape index (κ3) is 4.73. The number of carbonyl (C=O) groups excluding carboxylic acids is 1. The minimum atomic E-state index is -3.75. The average Bonchev–Trinajstić information content (AvgIpc) is 2.67. The Hall–Kier alpha value is -1.80. The lowest BCUT2D eigenvalue weighted by Gasteiger charge is -2.25. The van der Waals surface area contributed by atoms with E-state index in [2.05, 4.69) is 10.0 Å². The molecule has 0 aromatic heterocycles. The van der Waals surface area contributed by atoms with Crippen molar-refractivity contribution in [2.75, 3.05) is 13.2 Å². The van der Waals surface area contributed by atoms with Gasteiger partial charge in [0, 0.05) is 18.2 Å². The highest BCUT2D eigenvalue weighted by atomic mass is 32.2. The summed E-state index contributed by atoms with van der Waals surface area (Å²) < 4.78 is 39.8. The normalized spacial score (nSPS) is 18.7. The Bertz CT molecular complexity index is 788. The zero-order valence-corrected chi connectivity index (χ0v) is 16.7. The summed E-state index contributed by atoms with van der Waals surface area (Å²) >= 11 is 0. The second kappa shape index (κ2) is 8.48. The van der Waals surface area contributed by atoms with Crippen molar-refractivity contribution in [3.63, 3.8) is 0 Å². The zero-order valence-electron chi connectivity index (χ0n) is 15.9. The summed E-state index contributed by atoms with van der Waals surface area (Å²) in [7, 11) is -3.75. The topological polar surface area (TPSA) is 93.7 Å². The van der Waals surface area contributed by atoms with Crippen LogP contribution in [0.2, 0.25) is 0 Å². The maximum Gasteiger partial charge on any atom is 0.255 e. The molecule has 1 aliphatic heterocycles. The van der Waals surface area contributed by atoms with Crippen LogP contribution in [0.3, 0.4) is 0 Å². The molecule has 1 aromatic rings. The van der Waals surface area contributed by atoms with Crippen LogP contribution in [0, 0.1) is 0 Å². The Morgan fingerprint density at radius 2 is 1.89 bits per heavy atom. The summed E-state index contributed by atoms with van der Waals surface area (Å²) in [6.45, 7) is 4.50. The van der Waals surface area contributed by atoms with Gasteiger partial charge in [-0.25, -0.2) is 13.1 Å². The van der Waals surface area contributed by atoms with Crippen molar-refractivity contribution in [2.45, 2.75) is 69.4 Å². The molecule has 2 N–H and O–H groups in total. The van der Waals surface area contributed by atoms with E-state index in [1.165, 1.54) is 12.1 Å². The van der Waals surface area contributed by atoms with E-state index in [0.29, 0.717) is 24.7 Å². The van der Waals surface area contributed by atoms with Crippen LogP contribution in [0.1, 0.15) is 62.7 Å². The van der Waals surface area contributed by atoms with Crippen molar-refractivity contribution in [1.82, 2.24) is 10.0 Å². The fourth-order valence-electron chi connectivity index (χ4n) is 3.36. The average molecular weight is 397 g/mol. The second-order valence-corrected chi connectivity index (χ2v) is 8.95. The summed E-state index contributed by atoms with van der Waals surface area (Å²) in [5.74, 6) is 0.238. The molecule has 150 valence electrons. The molecule has 1 amide bonds. The first-order valence-corrected chi connectivity index (χ1v) is 11.2. The predicted molar refractivity (Wildman–Crippen MR) is 102 cm³/mol. The minimum absolute atomic E-state index is 0.0294. The fraction of sp³-hybridized carbons (Fsp3) is 0.632.